The van der Waals surface area contributed by atoms with Gasteiger partial charge in [-0.25, -0.2) is 4.79 Å². The molecule has 0 fully saturated rings. The number of carboxylic acid groups (broad SMARTS) is 1. The van der Waals surface area contributed by atoms with Gasteiger partial charge < -0.3 is 20.4 Å². The van der Waals surface area contributed by atoms with E-state index in [1.165, 1.54) is 0 Å². The van der Waals surface area contributed by atoms with Crippen LogP contribution in [0, 0.1) is 10.1 Å². The van der Waals surface area contributed by atoms with Crippen LogP contribution in [0.3, 0.4) is 0 Å². The Balaban J connectivity index is 3.08. The van der Waals surface area contributed by atoms with Crippen molar-refractivity contribution in [1.82, 2.24) is 9.55 Å². The molecule has 14 heavy (non-hydrogen) atoms. The molecular formula is C5H4N4O5. The summed E-state index contributed by atoms with van der Waals surface area (Å²) in [4.78, 5) is 23.1. The number of carbonyl (C=O) groups is 1. The Morgan fingerprint density at radius 1 is 1.71 bits per heavy atom. The van der Waals surface area contributed by atoms with Crippen molar-refractivity contribution < 1.29 is 20.0 Å². The van der Waals surface area contributed by atoms with Crippen LogP contribution in [0.4, 0.5) is 5.82 Å². The van der Waals surface area contributed by atoms with Gasteiger partial charge in [-0.05, 0) is 9.91 Å². The van der Waals surface area contributed by atoms with E-state index in [4.69, 9.17) is 10.3 Å². The molecule has 0 aromatic carbocycles. The number of rotatable bonds is 1. The Bertz CT molecular complexity index is 408. The minimum atomic E-state index is -1.53. The van der Waals surface area contributed by atoms with Gasteiger partial charge in [-0.2, -0.15) is 0 Å². The highest BCUT2D eigenvalue weighted by molar-refractivity contribution is 6.35. The third-order valence-electron chi connectivity index (χ3n) is 1.29. The van der Waals surface area contributed by atoms with Crippen LogP contribution in [0.15, 0.2) is 17.7 Å². The topological polar surface area (TPSA) is 131 Å². The molecule has 0 unspecified atom stereocenters. The molecule has 0 aliphatic heterocycles. The van der Waals surface area contributed by atoms with E-state index < -0.39 is 22.5 Å². The monoisotopic (exact) mass is 200 g/mol. The molecule has 1 rings (SSSR count). The summed E-state index contributed by atoms with van der Waals surface area (Å²) in [6, 6.07) is 0. The molecule has 0 amide bonds. The molecule has 0 bridgehead atoms. The fourth-order valence-electron chi connectivity index (χ4n) is 0.727. The van der Waals surface area contributed by atoms with E-state index in [-0.39, 0.29) is 0 Å². The van der Waals surface area contributed by atoms with E-state index in [1.807, 2.05) is 0 Å². The third kappa shape index (κ3) is 1.65. The summed E-state index contributed by atoms with van der Waals surface area (Å²) in [5, 5.41) is 29.4. The van der Waals surface area contributed by atoms with Crippen molar-refractivity contribution in [3.63, 3.8) is 0 Å². The first-order valence-corrected chi connectivity index (χ1v) is 3.20. The second-order valence-corrected chi connectivity index (χ2v) is 2.13. The summed E-state index contributed by atoms with van der Waals surface area (Å²) >= 11 is 0. The SMILES string of the molecule is O=C(O)/C(=N\O)n1cnc([N+](=O)[O-])c1. The predicted molar refractivity (Wildman–Crippen MR) is 41.1 cm³/mol. The minimum absolute atomic E-state index is 0.535. The highest BCUT2D eigenvalue weighted by Gasteiger charge is 2.18. The average Bonchev–Trinajstić information content (AvgIpc) is 2.53. The zero-order valence-electron chi connectivity index (χ0n) is 6.56. The second-order valence-electron chi connectivity index (χ2n) is 2.13. The molecule has 0 saturated heterocycles. The highest BCUT2D eigenvalue weighted by atomic mass is 16.6. The van der Waals surface area contributed by atoms with Gasteiger partial charge in [-0.3, -0.25) is 4.57 Å². The number of aromatic nitrogens is 2. The number of imidazole rings is 1. The summed E-state index contributed by atoms with van der Waals surface area (Å²) in [6.45, 7) is 0. The highest BCUT2D eigenvalue weighted by Crippen LogP contribution is 2.05. The molecule has 1 aromatic rings. The molecule has 0 saturated carbocycles. The van der Waals surface area contributed by atoms with Crippen LogP contribution in [-0.4, -0.2) is 36.6 Å². The number of hydrogen-bond acceptors (Lipinski definition) is 6. The maximum atomic E-state index is 10.4. The maximum Gasteiger partial charge on any atom is 0.381 e. The maximum absolute atomic E-state index is 10.4. The number of carboxylic acids is 1. The second kappa shape index (κ2) is 3.51. The Morgan fingerprint density at radius 3 is 2.71 bits per heavy atom. The Labute approximate surface area is 76.1 Å². The van der Waals surface area contributed by atoms with Gasteiger partial charge in [0.05, 0.1) is 0 Å². The zero-order valence-corrected chi connectivity index (χ0v) is 6.56. The van der Waals surface area contributed by atoms with Crippen molar-refractivity contribution in [3.8, 4) is 0 Å². The van der Waals surface area contributed by atoms with Gasteiger partial charge in [-0.1, -0.05) is 5.16 Å². The number of oxime groups is 1. The van der Waals surface area contributed by atoms with Crippen molar-refractivity contribution in [3.05, 3.63) is 22.6 Å². The van der Waals surface area contributed by atoms with E-state index in [0.717, 1.165) is 17.1 Å². The number of hydrogen-bond donors (Lipinski definition) is 2. The van der Waals surface area contributed by atoms with Crippen molar-refractivity contribution in [2.45, 2.75) is 0 Å². The lowest BCUT2D eigenvalue weighted by molar-refractivity contribution is -0.389. The van der Waals surface area contributed by atoms with Gasteiger partial charge in [0.15, 0.2) is 0 Å². The van der Waals surface area contributed by atoms with Crippen LogP contribution in [0.25, 0.3) is 0 Å². The van der Waals surface area contributed by atoms with Gasteiger partial charge in [0.2, 0.25) is 6.33 Å². The predicted octanol–water partition coefficient (Wildman–Crippen LogP) is -0.488. The Morgan fingerprint density at radius 2 is 2.36 bits per heavy atom. The molecule has 0 aliphatic carbocycles. The zero-order chi connectivity index (χ0) is 10.7. The molecule has 9 heteroatoms. The summed E-state index contributed by atoms with van der Waals surface area (Å²) in [5.41, 5.74) is 0. The Hall–Kier alpha value is -2.45. The lowest BCUT2D eigenvalue weighted by Crippen LogP contribution is -2.20. The van der Waals surface area contributed by atoms with E-state index in [1.54, 1.807) is 0 Å². The smallest absolute Gasteiger partial charge is 0.381 e. The van der Waals surface area contributed by atoms with E-state index >= 15 is 0 Å². The molecule has 0 spiro atoms. The quantitative estimate of drug-likeness (QED) is 0.207. The lowest BCUT2D eigenvalue weighted by Gasteiger charge is -1.94. The van der Waals surface area contributed by atoms with Crippen LogP contribution < -0.4 is 0 Å². The van der Waals surface area contributed by atoms with Gasteiger partial charge in [-0.15, -0.1) is 0 Å². The molecule has 0 aliphatic rings. The van der Waals surface area contributed by atoms with Crippen molar-refractivity contribution in [2.24, 2.45) is 5.16 Å². The van der Waals surface area contributed by atoms with Crippen LogP contribution in [0.1, 0.15) is 0 Å². The van der Waals surface area contributed by atoms with Crippen LogP contribution in [0.2, 0.25) is 0 Å². The molecule has 9 nitrogen and oxygen atoms in total. The van der Waals surface area contributed by atoms with E-state index in [2.05, 4.69) is 10.1 Å². The van der Waals surface area contributed by atoms with Crippen molar-refractivity contribution in [1.29, 1.82) is 0 Å². The summed E-state index contributed by atoms with van der Waals surface area (Å²) in [7, 11) is 0. The lowest BCUT2D eigenvalue weighted by atomic mass is 10.6. The molecule has 1 heterocycles. The number of nitrogens with zero attached hydrogens (tertiary/aromatic N) is 4. The molecule has 2 N–H and O–H groups in total. The standard InChI is InChI=1S/C5H4N4O5/c10-5(11)4(7-12)8-1-3(6-2-8)9(13)14/h1-2,12H,(H,10,11)/b7-4+. The first-order chi connectivity index (χ1) is 6.56. The molecule has 0 radical (unpaired) electrons. The number of nitro groups is 1. The third-order valence-corrected chi connectivity index (χ3v) is 1.29. The van der Waals surface area contributed by atoms with Crippen LogP contribution in [0.5, 0.6) is 0 Å². The van der Waals surface area contributed by atoms with Crippen molar-refractivity contribution in [2.75, 3.05) is 0 Å². The summed E-state index contributed by atoms with van der Waals surface area (Å²) < 4.78 is 0.723. The molecule has 1 aromatic heterocycles. The molecule has 0 atom stereocenters. The summed E-state index contributed by atoms with van der Waals surface area (Å²) in [6.07, 6.45) is 1.68. The molecule has 74 valence electrons. The minimum Gasteiger partial charge on any atom is -0.475 e. The van der Waals surface area contributed by atoms with Gasteiger partial charge in [0, 0.05) is 0 Å². The number of aliphatic carboxylic acids is 1. The Kier molecular flexibility index (Phi) is 2.42. The van der Waals surface area contributed by atoms with Gasteiger partial charge in [0.25, 0.3) is 5.84 Å². The normalized spacial score (nSPS) is 11.3. The van der Waals surface area contributed by atoms with Crippen LogP contribution >= 0.6 is 0 Å². The first kappa shape index (κ1) is 9.64. The van der Waals surface area contributed by atoms with Crippen LogP contribution in [-0.2, 0) is 4.79 Å². The van der Waals surface area contributed by atoms with Crippen molar-refractivity contribution >= 4 is 17.6 Å². The summed E-state index contributed by atoms with van der Waals surface area (Å²) in [5.74, 6) is -2.84. The van der Waals surface area contributed by atoms with E-state index in [0.29, 0.717) is 0 Å². The largest absolute Gasteiger partial charge is 0.475 e. The molecular weight excluding hydrogens is 196 g/mol. The fraction of sp³-hybridized carbons (Fsp3) is 0. The fourth-order valence-corrected chi connectivity index (χ4v) is 0.727. The van der Waals surface area contributed by atoms with Gasteiger partial charge >= 0.3 is 11.8 Å². The average molecular weight is 200 g/mol. The van der Waals surface area contributed by atoms with Gasteiger partial charge in [0.1, 0.15) is 6.20 Å². The van der Waals surface area contributed by atoms with E-state index in [9.17, 15) is 14.9 Å². The first-order valence-electron chi connectivity index (χ1n) is 3.20.